The van der Waals surface area contributed by atoms with Gasteiger partial charge in [0, 0.05) is 19.6 Å². The van der Waals surface area contributed by atoms with Crippen molar-refractivity contribution in [3.05, 3.63) is 15.9 Å². The molecule has 0 aromatic carbocycles. The molecule has 1 heterocycles. The average Bonchev–Trinajstić information content (AvgIpc) is 3.06. The molecule has 1 aromatic rings. The van der Waals surface area contributed by atoms with Crippen LogP contribution in [0.15, 0.2) is 4.47 Å². The molecule has 0 unspecified atom stereocenters. The molecule has 2 aliphatic carbocycles. The Bertz CT molecular complexity index is 444. The predicted octanol–water partition coefficient (Wildman–Crippen LogP) is 2.96. The molecule has 0 amide bonds. The lowest BCUT2D eigenvalue weighted by molar-refractivity contribution is 0.126. The second kappa shape index (κ2) is 4.64. The maximum absolute atomic E-state index is 4.51. The SMILES string of the molecule is Cc1nn(C)c(CC2(CNC3CC3)CCC2)c1Br. The quantitative estimate of drug-likeness (QED) is 0.906. The minimum atomic E-state index is 0.491. The highest BCUT2D eigenvalue weighted by Gasteiger charge is 2.39. The van der Waals surface area contributed by atoms with Gasteiger partial charge in [-0.05, 0) is 60.4 Å². The second-order valence-electron chi connectivity index (χ2n) is 6.16. The lowest BCUT2D eigenvalue weighted by Gasteiger charge is -2.42. The largest absolute Gasteiger partial charge is 0.313 e. The Morgan fingerprint density at radius 1 is 1.44 bits per heavy atom. The molecule has 0 saturated heterocycles. The van der Waals surface area contributed by atoms with E-state index in [0.29, 0.717) is 5.41 Å². The highest BCUT2D eigenvalue weighted by molar-refractivity contribution is 9.10. The van der Waals surface area contributed by atoms with Gasteiger partial charge in [0.15, 0.2) is 0 Å². The Labute approximate surface area is 117 Å². The van der Waals surface area contributed by atoms with Crippen LogP contribution in [-0.4, -0.2) is 22.4 Å². The molecule has 4 heteroatoms. The predicted molar refractivity (Wildman–Crippen MR) is 76.7 cm³/mol. The first-order valence-corrected chi connectivity index (χ1v) is 7.80. The topological polar surface area (TPSA) is 29.9 Å². The van der Waals surface area contributed by atoms with E-state index in [9.17, 15) is 0 Å². The van der Waals surface area contributed by atoms with Gasteiger partial charge in [0.2, 0.25) is 0 Å². The molecule has 2 aliphatic rings. The van der Waals surface area contributed by atoms with Crippen molar-refractivity contribution in [3.8, 4) is 0 Å². The number of hydrogen-bond donors (Lipinski definition) is 1. The van der Waals surface area contributed by atoms with E-state index in [-0.39, 0.29) is 0 Å². The van der Waals surface area contributed by atoms with Crippen LogP contribution in [0.5, 0.6) is 0 Å². The maximum Gasteiger partial charge on any atom is 0.0738 e. The summed E-state index contributed by atoms with van der Waals surface area (Å²) in [4.78, 5) is 0. The molecule has 2 fully saturated rings. The van der Waals surface area contributed by atoms with Gasteiger partial charge in [-0.2, -0.15) is 5.10 Å². The normalized spacial score (nSPS) is 21.9. The van der Waals surface area contributed by atoms with Gasteiger partial charge in [-0.1, -0.05) is 6.42 Å². The summed E-state index contributed by atoms with van der Waals surface area (Å²) in [5.74, 6) is 0. The number of rotatable bonds is 5. The minimum Gasteiger partial charge on any atom is -0.313 e. The highest BCUT2D eigenvalue weighted by atomic mass is 79.9. The third-order valence-electron chi connectivity index (χ3n) is 4.56. The summed E-state index contributed by atoms with van der Waals surface area (Å²) >= 11 is 3.70. The summed E-state index contributed by atoms with van der Waals surface area (Å²) in [6.45, 7) is 3.26. The van der Waals surface area contributed by atoms with Gasteiger partial charge < -0.3 is 5.32 Å². The Morgan fingerprint density at radius 3 is 2.61 bits per heavy atom. The summed E-state index contributed by atoms with van der Waals surface area (Å²) in [7, 11) is 2.06. The van der Waals surface area contributed by atoms with Gasteiger partial charge in [-0.3, -0.25) is 4.68 Å². The molecule has 0 bridgehead atoms. The Balaban J connectivity index is 1.71. The first-order valence-electron chi connectivity index (χ1n) is 7.01. The third kappa shape index (κ3) is 2.37. The molecular weight excluding hydrogens is 290 g/mol. The summed E-state index contributed by atoms with van der Waals surface area (Å²) in [6, 6.07) is 0.819. The second-order valence-corrected chi connectivity index (χ2v) is 6.95. The fourth-order valence-electron chi connectivity index (χ4n) is 2.97. The van der Waals surface area contributed by atoms with Gasteiger partial charge >= 0.3 is 0 Å². The molecule has 0 radical (unpaired) electrons. The number of nitrogens with zero attached hydrogens (tertiary/aromatic N) is 2. The molecule has 1 N–H and O–H groups in total. The van der Waals surface area contributed by atoms with Crippen LogP contribution < -0.4 is 5.32 Å². The van der Waals surface area contributed by atoms with Crippen molar-refractivity contribution in [2.75, 3.05) is 6.54 Å². The molecule has 0 aliphatic heterocycles. The van der Waals surface area contributed by atoms with Gasteiger partial charge in [-0.15, -0.1) is 0 Å². The Hall–Kier alpha value is -0.350. The van der Waals surface area contributed by atoms with E-state index in [0.717, 1.165) is 18.2 Å². The summed E-state index contributed by atoms with van der Waals surface area (Å²) in [6.07, 6.45) is 8.04. The van der Waals surface area contributed by atoms with Crippen LogP contribution in [0.25, 0.3) is 0 Å². The molecule has 0 spiro atoms. The van der Waals surface area contributed by atoms with Crippen molar-refractivity contribution < 1.29 is 0 Å². The van der Waals surface area contributed by atoms with E-state index in [1.807, 2.05) is 0 Å². The monoisotopic (exact) mass is 311 g/mol. The van der Waals surface area contributed by atoms with Crippen LogP contribution in [0.2, 0.25) is 0 Å². The van der Waals surface area contributed by atoms with Crippen molar-refractivity contribution in [1.29, 1.82) is 0 Å². The third-order valence-corrected chi connectivity index (χ3v) is 5.59. The van der Waals surface area contributed by atoms with Gasteiger partial charge in [0.1, 0.15) is 0 Å². The van der Waals surface area contributed by atoms with E-state index in [4.69, 9.17) is 0 Å². The summed E-state index contributed by atoms with van der Waals surface area (Å²) < 4.78 is 3.26. The Morgan fingerprint density at radius 2 is 2.17 bits per heavy atom. The van der Waals surface area contributed by atoms with Crippen molar-refractivity contribution in [1.82, 2.24) is 15.1 Å². The average molecular weight is 312 g/mol. The highest BCUT2D eigenvalue weighted by Crippen LogP contribution is 2.44. The number of aryl methyl sites for hydroxylation is 2. The lowest BCUT2D eigenvalue weighted by atomic mass is 9.66. The first-order chi connectivity index (χ1) is 8.60. The van der Waals surface area contributed by atoms with Crippen LogP contribution in [-0.2, 0) is 13.5 Å². The van der Waals surface area contributed by atoms with Crippen molar-refractivity contribution >= 4 is 15.9 Å². The number of aromatic nitrogens is 2. The number of halogens is 1. The van der Waals surface area contributed by atoms with Crippen LogP contribution in [0, 0.1) is 12.3 Å². The standard InChI is InChI=1S/C14H22BrN3/c1-10-13(15)12(18(2)17-10)8-14(6-3-7-14)9-16-11-4-5-11/h11,16H,3-9H2,1-2H3. The van der Waals surface area contributed by atoms with Crippen LogP contribution in [0.1, 0.15) is 43.5 Å². The fourth-order valence-corrected chi connectivity index (χ4v) is 3.44. The first kappa shape index (κ1) is 12.7. The number of hydrogen-bond acceptors (Lipinski definition) is 2. The number of nitrogens with one attached hydrogen (secondary N) is 1. The molecule has 0 atom stereocenters. The molecule has 100 valence electrons. The fraction of sp³-hybridized carbons (Fsp3) is 0.786. The van der Waals surface area contributed by atoms with Crippen molar-refractivity contribution in [2.24, 2.45) is 12.5 Å². The molecule has 3 rings (SSSR count). The van der Waals surface area contributed by atoms with E-state index < -0.39 is 0 Å². The van der Waals surface area contributed by atoms with Gasteiger partial charge in [-0.25, -0.2) is 0 Å². The van der Waals surface area contributed by atoms with Crippen LogP contribution in [0.3, 0.4) is 0 Å². The van der Waals surface area contributed by atoms with E-state index in [1.54, 1.807) is 0 Å². The Kier molecular flexibility index (Phi) is 3.27. The maximum atomic E-state index is 4.51. The zero-order chi connectivity index (χ0) is 12.8. The molecular formula is C14H22BrN3. The molecule has 2 saturated carbocycles. The molecule has 1 aromatic heterocycles. The summed E-state index contributed by atoms with van der Waals surface area (Å²) in [5.41, 5.74) is 2.97. The summed E-state index contributed by atoms with van der Waals surface area (Å²) in [5, 5.41) is 8.23. The molecule has 3 nitrogen and oxygen atoms in total. The van der Waals surface area contributed by atoms with Gasteiger partial charge in [0.25, 0.3) is 0 Å². The zero-order valence-corrected chi connectivity index (χ0v) is 12.9. The minimum absolute atomic E-state index is 0.491. The van der Waals surface area contributed by atoms with Gasteiger partial charge in [0.05, 0.1) is 15.9 Å². The van der Waals surface area contributed by atoms with Crippen LogP contribution in [0.4, 0.5) is 0 Å². The lowest BCUT2D eigenvalue weighted by Crippen LogP contribution is -2.42. The van der Waals surface area contributed by atoms with Crippen LogP contribution >= 0.6 is 15.9 Å². The zero-order valence-electron chi connectivity index (χ0n) is 11.3. The van der Waals surface area contributed by atoms with Crippen molar-refractivity contribution in [2.45, 2.75) is 51.5 Å². The van der Waals surface area contributed by atoms with E-state index >= 15 is 0 Å². The van der Waals surface area contributed by atoms with E-state index in [2.05, 4.69) is 45.0 Å². The smallest absolute Gasteiger partial charge is 0.0738 e. The molecule has 18 heavy (non-hydrogen) atoms. The van der Waals surface area contributed by atoms with Crippen molar-refractivity contribution in [3.63, 3.8) is 0 Å². The van der Waals surface area contributed by atoms with E-state index in [1.165, 1.54) is 48.8 Å².